The van der Waals surface area contributed by atoms with E-state index in [2.05, 4.69) is 10.5 Å². The van der Waals surface area contributed by atoms with Crippen molar-refractivity contribution in [2.75, 3.05) is 0 Å². The van der Waals surface area contributed by atoms with E-state index >= 15 is 0 Å². The van der Waals surface area contributed by atoms with Gasteiger partial charge in [0.2, 0.25) is 0 Å². The van der Waals surface area contributed by atoms with Crippen molar-refractivity contribution in [2.24, 2.45) is 0 Å². The van der Waals surface area contributed by atoms with Crippen LogP contribution in [0.15, 0.2) is 35.1 Å². The summed E-state index contributed by atoms with van der Waals surface area (Å²) in [6, 6.07) is 6.59. The second-order valence-electron chi connectivity index (χ2n) is 3.67. The average molecular weight is 220 g/mol. The molecule has 0 aliphatic heterocycles. The predicted octanol–water partition coefficient (Wildman–Crippen LogP) is 2.41. The van der Waals surface area contributed by atoms with Crippen LogP contribution in [0.4, 0.5) is 4.39 Å². The third kappa shape index (κ3) is 2.67. The van der Waals surface area contributed by atoms with Crippen molar-refractivity contribution in [1.29, 1.82) is 0 Å². The molecule has 0 fully saturated rings. The average Bonchev–Trinajstić information content (AvgIpc) is 2.76. The van der Waals surface area contributed by atoms with E-state index in [1.165, 1.54) is 12.3 Å². The molecular weight excluding hydrogens is 207 g/mol. The molecule has 0 aliphatic rings. The second kappa shape index (κ2) is 4.90. The minimum absolute atomic E-state index is 0.205. The number of nitrogens with zero attached hydrogens (tertiary/aromatic N) is 1. The third-order valence-electron chi connectivity index (χ3n) is 2.42. The van der Waals surface area contributed by atoms with E-state index in [0.717, 1.165) is 16.8 Å². The van der Waals surface area contributed by atoms with Crippen molar-refractivity contribution in [3.63, 3.8) is 0 Å². The van der Waals surface area contributed by atoms with E-state index in [1.807, 2.05) is 6.92 Å². The monoisotopic (exact) mass is 220 g/mol. The van der Waals surface area contributed by atoms with E-state index < -0.39 is 0 Å². The highest BCUT2D eigenvalue weighted by Gasteiger charge is 2.01. The molecule has 0 spiro atoms. The van der Waals surface area contributed by atoms with Crippen molar-refractivity contribution in [3.05, 3.63) is 53.2 Å². The summed E-state index contributed by atoms with van der Waals surface area (Å²) in [6.45, 7) is 3.20. The van der Waals surface area contributed by atoms with Gasteiger partial charge in [0, 0.05) is 19.2 Å². The Kier molecular flexibility index (Phi) is 3.31. The first kappa shape index (κ1) is 10.8. The molecule has 0 radical (unpaired) electrons. The van der Waals surface area contributed by atoms with Crippen LogP contribution in [-0.4, -0.2) is 5.16 Å². The normalized spacial score (nSPS) is 10.6. The van der Waals surface area contributed by atoms with Gasteiger partial charge >= 0.3 is 0 Å². The highest BCUT2D eigenvalue weighted by Crippen LogP contribution is 2.09. The van der Waals surface area contributed by atoms with Gasteiger partial charge in [-0.3, -0.25) is 0 Å². The van der Waals surface area contributed by atoms with Gasteiger partial charge in [0.15, 0.2) is 0 Å². The van der Waals surface area contributed by atoms with Gasteiger partial charge < -0.3 is 9.84 Å². The van der Waals surface area contributed by atoms with Crippen LogP contribution < -0.4 is 5.32 Å². The van der Waals surface area contributed by atoms with Crippen molar-refractivity contribution >= 4 is 0 Å². The molecule has 0 saturated carbocycles. The maximum absolute atomic E-state index is 13.0. The van der Waals surface area contributed by atoms with Crippen LogP contribution in [0.3, 0.4) is 0 Å². The molecular formula is C12H13FN2O. The molecule has 2 aromatic rings. The lowest BCUT2D eigenvalue weighted by Crippen LogP contribution is -2.13. The first-order chi connectivity index (χ1) is 7.75. The molecule has 84 valence electrons. The molecule has 4 heteroatoms. The fraction of sp³-hybridized carbons (Fsp3) is 0.250. The van der Waals surface area contributed by atoms with Gasteiger partial charge in [0.1, 0.15) is 12.1 Å². The highest BCUT2D eigenvalue weighted by atomic mass is 19.1. The topological polar surface area (TPSA) is 38.1 Å². The summed E-state index contributed by atoms with van der Waals surface area (Å²) in [6.07, 6.45) is 1.53. The molecule has 1 N–H and O–H groups in total. The van der Waals surface area contributed by atoms with Gasteiger partial charge in [0.05, 0.1) is 5.69 Å². The van der Waals surface area contributed by atoms with Crippen LogP contribution in [0, 0.1) is 12.7 Å². The summed E-state index contributed by atoms with van der Waals surface area (Å²) in [5, 5.41) is 6.96. The third-order valence-corrected chi connectivity index (χ3v) is 2.42. The molecule has 0 aliphatic carbocycles. The maximum Gasteiger partial charge on any atom is 0.124 e. The largest absolute Gasteiger partial charge is 0.364 e. The Morgan fingerprint density at radius 1 is 1.31 bits per heavy atom. The standard InChI is InChI=1S/C12H13FN2O/c1-9-2-3-11(13)6-10(9)7-14-8-12-4-5-16-15-12/h2-6,14H,7-8H2,1H3. The van der Waals surface area contributed by atoms with Crippen molar-refractivity contribution in [3.8, 4) is 0 Å². The summed E-state index contributed by atoms with van der Waals surface area (Å²) in [5.41, 5.74) is 2.88. The minimum atomic E-state index is -0.205. The fourth-order valence-electron chi connectivity index (χ4n) is 1.48. The van der Waals surface area contributed by atoms with Gasteiger partial charge in [-0.1, -0.05) is 11.2 Å². The first-order valence-electron chi connectivity index (χ1n) is 5.11. The lowest BCUT2D eigenvalue weighted by atomic mass is 10.1. The van der Waals surface area contributed by atoms with Gasteiger partial charge in [-0.2, -0.15) is 0 Å². The Hall–Kier alpha value is -1.68. The lowest BCUT2D eigenvalue weighted by Gasteiger charge is -2.06. The molecule has 0 bridgehead atoms. The Balaban J connectivity index is 1.92. The van der Waals surface area contributed by atoms with Gasteiger partial charge in [-0.25, -0.2) is 4.39 Å². The first-order valence-corrected chi connectivity index (χ1v) is 5.11. The quantitative estimate of drug-likeness (QED) is 0.859. The summed E-state index contributed by atoms with van der Waals surface area (Å²) in [7, 11) is 0. The molecule has 1 heterocycles. The molecule has 1 aromatic carbocycles. The maximum atomic E-state index is 13.0. The Morgan fingerprint density at radius 2 is 2.19 bits per heavy atom. The fourth-order valence-corrected chi connectivity index (χ4v) is 1.48. The number of hydrogen-bond acceptors (Lipinski definition) is 3. The van der Waals surface area contributed by atoms with Gasteiger partial charge in [0.25, 0.3) is 0 Å². The number of halogens is 1. The van der Waals surface area contributed by atoms with E-state index in [0.29, 0.717) is 13.1 Å². The number of nitrogens with one attached hydrogen (secondary N) is 1. The number of rotatable bonds is 4. The molecule has 0 amide bonds. The van der Waals surface area contributed by atoms with E-state index in [1.54, 1.807) is 18.2 Å². The van der Waals surface area contributed by atoms with Crippen molar-refractivity contribution in [1.82, 2.24) is 10.5 Å². The van der Waals surface area contributed by atoms with Crippen LogP contribution in [0.1, 0.15) is 16.8 Å². The predicted molar refractivity (Wildman–Crippen MR) is 58.2 cm³/mol. The van der Waals surface area contributed by atoms with Crippen LogP contribution in [0.2, 0.25) is 0 Å². The highest BCUT2D eigenvalue weighted by molar-refractivity contribution is 5.26. The minimum Gasteiger partial charge on any atom is -0.364 e. The van der Waals surface area contributed by atoms with Crippen LogP contribution in [0.5, 0.6) is 0 Å². The van der Waals surface area contributed by atoms with Crippen molar-refractivity contribution < 1.29 is 8.91 Å². The Bertz CT molecular complexity index is 454. The zero-order valence-corrected chi connectivity index (χ0v) is 9.03. The SMILES string of the molecule is Cc1ccc(F)cc1CNCc1ccon1. The molecule has 3 nitrogen and oxygen atoms in total. The number of hydrogen-bond donors (Lipinski definition) is 1. The van der Waals surface area contributed by atoms with E-state index in [9.17, 15) is 4.39 Å². The summed E-state index contributed by atoms with van der Waals surface area (Å²) in [5.74, 6) is -0.205. The Morgan fingerprint density at radius 3 is 2.94 bits per heavy atom. The number of aryl methyl sites for hydroxylation is 1. The van der Waals surface area contributed by atoms with Crippen LogP contribution >= 0.6 is 0 Å². The van der Waals surface area contributed by atoms with E-state index in [-0.39, 0.29) is 5.82 Å². The molecule has 0 unspecified atom stereocenters. The van der Waals surface area contributed by atoms with Crippen LogP contribution in [0.25, 0.3) is 0 Å². The summed E-state index contributed by atoms with van der Waals surface area (Å²) in [4.78, 5) is 0. The number of benzene rings is 1. The molecule has 16 heavy (non-hydrogen) atoms. The second-order valence-corrected chi connectivity index (χ2v) is 3.67. The number of aromatic nitrogens is 1. The summed E-state index contributed by atoms with van der Waals surface area (Å²) < 4.78 is 17.7. The van der Waals surface area contributed by atoms with Crippen LogP contribution in [-0.2, 0) is 13.1 Å². The zero-order valence-electron chi connectivity index (χ0n) is 9.03. The molecule has 2 rings (SSSR count). The Labute approximate surface area is 93.3 Å². The van der Waals surface area contributed by atoms with Gasteiger partial charge in [-0.15, -0.1) is 0 Å². The van der Waals surface area contributed by atoms with Gasteiger partial charge in [-0.05, 0) is 30.2 Å². The zero-order chi connectivity index (χ0) is 11.4. The summed E-state index contributed by atoms with van der Waals surface area (Å²) >= 11 is 0. The van der Waals surface area contributed by atoms with E-state index in [4.69, 9.17) is 4.52 Å². The molecule has 0 atom stereocenters. The molecule has 0 saturated heterocycles. The molecule has 1 aromatic heterocycles. The lowest BCUT2D eigenvalue weighted by molar-refractivity contribution is 0.408. The smallest absolute Gasteiger partial charge is 0.124 e. The van der Waals surface area contributed by atoms with Crippen molar-refractivity contribution in [2.45, 2.75) is 20.0 Å².